The minimum Gasteiger partial charge on any atom is -0.477 e. The van der Waals surface area contributed by atoms with Crippen molar-refractivity contribution in [2.75, 3.05) is 0 Å². The number of hydrogen-bond donors (Lipinski definition) is 1. The van der Waals surface area contributed by atoms with Crippen molar-refractivity contribution in [2.45, 2.75) is 38.5 Å². The topological polar surface area (TPSA) is 96.8 Å². The third-order valence-electron chi connectivity index (χ3n) is 3.43. The molecule has 2 aliphatic heterocycles. The Hall–Kier alpha value is -1.80. The Bertz CT molecular complexity index is 589. The quantitative estimate of drug-likeness (QED) is 0.819. The Morgan fingerprint density at radius 3 is 2.50 bits per heavy atom. The number of thiazole rings is 1. The molecule has 0 aliphatic carbocycles. The van der Waals surface area contributed by atoms with Gasteiger partial charge < -0.3 is 9.84 Å². The van der Waals surface area contributed by atoms with Gasteiger partial charge in [-0.3, -0.25) is 14.5 Å². The number of imide groups is 1. The zero-order valence-corrected chi connectivity index (χ0v) is 11.5. The molecule has 3 heterocycles. The summed E-state index contributed by atoms with van der Waals surface area (Å²) in [5.41, 5.74) is 0.397. The maximum Gasteiger partial charge on any atom is 0.347 e. The van der Waals surface area contributed by atoms with Gasteiger partial charge in [-0.05, 0) is 19.8 Å². The summed E-state index contributed by atoms with van der Waals surface area (Å²) in [4.78, 5) is 40.5. The standard InChI is InChI=1S/C12H12N2O5S/c1-5-9(12(17)18)20-8(13-5)4-14-10(15)6-2-3-7(19-6)11(14)16/h6-7H,2-4H2,1H3,(H,17,18). The molecule has 2 unspecified atom stereocenters. The van der Waals surface area contributed by atoms with Crippen LogP contribution in [0.5, 0.6) is 0 Å². The van der Waals surface area contributed by atoms with Crippen molar-refractivity contribution in [3.05, 3.63) is 15.6 Å². The van der Waals surface area contributed by atoms with Gasteiger partial charge in [0.15, 0.2) is 0 Å². The van der Waals surface area contributed by atoms with E-state index in [1.807, 2.05) is 0 Å². The van der Waals surface area contributed by atoms with Gasteiger partial charge in [0, 0.05) is 0 Å². The summed E-state index contributed by atoms with van der Waals surface area (Å²) in [6.07, 6.45) is 0.0295. The molecule has 1 aromatic heterocycles. The van der Waals surface area contributed by atoms with Crippen molar-refractivity contribution in [3.63, 3.8) is 0 Å². The molecule has 2 fully saturated rings. The van der Waals surface area contributed by atoms with Crippen LogP contribution in [0.1, 0.15) is 33.2 Å². The highest BCUT2D eigenvalue weighted by atomic mass is 32.1. The Morgan fingerprint density at radius 1 is 1.40 bits per heavy atom. The number of nitrogens with zero attached hydrogens (tertiary/aromatic N) is 2. The summed E-state index contributed by atoms with van der Waals surface area (Å²) in [6.45, 7) is 1.61. The first-order valence-corrected chi connectivity index (χ1v) is 6.99. The minimum atomic E-state index is -1.05. The Kier molecular flexibility index (Phi) is 3.06. The normalized spacial score (nSPS) is 25.4. The molecular weight excluding hydrogens is 284 g/mol. The fourth-order valence-corrected chi connectivity index (χ4v) is 3.36. The van der Waals surface area contributed by atoms with E-state index in [2.05, 4.69) is 4.98 Å². The molecule has 0 saturated carbocycles. The number of aryl methyl sites for hydroxylation is 1. The summed E-state index contributed by atoms with van der Waals surface area (Å²) in [5.74, 6) is -1.76. The minimum absolute atomic E-state index is 0.0206. The van der Waals surface area contributed by atoms with E-state index in [4.69, 9.17) is 9.84 Å². The molecule has 2 aliphatic rings. The maximum absolute atomic E-state index is 12.1. The summed E-state index contributed by atoms with van der Waals surface area (Å²) >= 11 is 0.991. The fraction of sp³-hybridized carbons (Fsp3) is 0.500. The molecule has 8 heteroatoms. The second kappa shape index (κ2) is 4.64. The van der Waals surface area contributed by atoms with E-state index in [1.54, 1.807) is 6.92 Å². The molecule has 2 amide bonds. The Balaban J connectivity index is 1.83. The van der Waals surface area contributed by atoms with Crippen molar-refractivity contribution in [1.82, 2.24) is 9.88 Å². The molecule has 0 radical (unpaired) electrons. The highest BCUT2D eigenvalue weighted by Crippen LogP contribution is 2.30. The largest absolute Gasteiger partial charge is 0.477 e. The van der Waals surface area contributed by atoms with Gasteiger partial charge in [0.25, 0.3) is 11.8 Å². The number of amides is 2. The lowest BCUT2D eigenvalue weighted by atomic mass is 10.2. The van der Waals surface area contributed by atoms with Gasteiger partial charge in [-0.25, -0.2) is 9.78 Å². The third kappa shape index (κ3) is 2.01. The summed E-state index contributed by atoms with van der Waals surface area (Å²) in [5, 5.41) is 9.43. The molecule has 0 spiro atoms. The number of ether oxygens (including phenoxy) is 1. The number of fused-ring (bicyclic) bond motifs is 2. The molecule has 1 aromatic rings. The van der Waals surface area contributed by atoms with Crippen molar-refractivity contribution in [2.24, 2.45) is 0 Å². The van der Waals surface area contributed by atoms with Gasteiger partial charge in [0.05, 0.1) is 12.2 Å². The number of likely N-dealkylation sites (tertiary alicyclic amines) is 1. The zero-order chi connectivity index (χ0) is 14.4. The highest BCUT2D eigenvalue weighted by Gasteiger charge is 2.46. The number of carboxylic acids is 1. The van der Waals surface area contributed by atoms with E-state index >= 15 is 0 Å². The lowest BCUT2D eigenvalue weighted by Crippen LogP contribution is -2.51. The average Bonchev–Trinajstić information content (AvgIpc) is 2.98. The van der Waals surface area contributed by atoms with Crippen LogP contribution in [0.4, 0.5) is 0 Å². The Labute approximate surface area is 118 Å². The van der Waals surface area contributed by atoms with Gasteiger partial charge in [0.1, 0.15) is 22.1 Å². The first-order chi connectivity index (χ1) is 9.47. The van der Waals surface area contributed by atoms with E-state index in [0.29, 0.717) is 23.5 Å². The van der Waals surface area contributed by atoms with Gasteiger partial charge in [-0.15, -0.1) is 11.3 Å². The van der Waals surface area contributed by atoms with Crippen LogP contribution in [-0.4, -0.2) is 45.0 Å². The number of morpholine rings is 1. The van der Waals surface area contributed by atoms with Gasteiger partial charge >= 0.3 is 5.97 Å². The van der Waals surface area contributed by atoms with Gasteiger partial charge in [0.2, 0.25) is 0 Å². The zero-order valence-electron chi connectivity index (χ0n) is 10.7. The number of hydrogen-bond acceptors (Lipinski definition) is 6. The van der Waals surface area contributed by atoms with Gasteiger partial charge in [-0.2, -0.15) is 0 Å². The van der Waals surface area contributed by atoms with Crippen LogP contribution >= 0.6 is 11.3 Å². The van der Waals surface area contributed by atoms with E-state index in [-0.39, 0.29) is 23.2 Å². The molecular formula is C12H12N2O5S. The molecule has 1 N–H and O–H groups in total. The fourth-order valence-electron chi connectivity index (χ4n) is 2.47. The second-order valence-corrected chi connectivity index (χ2v) is 5.86. The van der Waals surface area contributed by atoms with Crippen LogP contribution in [0.2, 0.25) is 0 Å². The van der Waals surface area contributed by atoms with Crippen molar-refractivity contribution >= 4 is 29.1 Å². The summed E-state index contributed by atoms with van der Waals surface area (Å²) in [6, 6.07) is 0. The lowest BCUT2D eigenvalue weighted by molar-refractivity contribution is -0.169. The Morgan fingerprint density at radius 2 is 2.00 bits per heavy atom. The van der Waals surface area contributed by atoms with Gasteiger partial charge in [-0.1, -0.05) is 0 Å². The van der Waals surface area contributed by atoms with E-state index in [1.165, 1.54) is 0 Å². The number of rotatable bonds is 3. The predicted molar refractivity (Wildman–Crippen MR) is 67.3 cm³/mol. The molecule has 3 rings (SSSR count). The smallest absolute Gasteiger partial charge is 0.347 e. The molecule has 106 valence electrons. The van der Waals surface area contributed by atoms with Crippen molar-refractivity contribution in [3.8, 4) is 0 Å². The van der Waals surface area contributed by atoms with Crippen LogP contribution < -0.4 is 0 Å². The molecule has 2 atom stereocenters. The number of aromatic nitrogens is 1. The van der Waals surface area contributed by atoms with E-state index in [9.17, 15) is 14.4 Å². The number of carbonyl (C=O) groups excluding carboxylic acids is 2. The first-order valence-electron chi connectivity index (χ1n) is 6.17. The van der Waals surface area contributed by atoms with Crippen molar-refractivity contribution in [1.29, 1.82) is 0 Å². The van der Waals surface area contributed by atoms with E-state index in [0.717, 1.165) is 16.2 Å². The maximum atomic E-state index is 12.1. The van der Waals surface area contributed by atoms with Crippen LogP contribution in [0, 0.1) is 6.92 Å². The monoisotopic (exact) mass is 296 g/mol. The van der Waals surface area contributed by atoms with E-state index < -0.39 is 18.2 Å². The van der Waals surface area contributed by atoms with Crippen LogP contribution in [0.15, 0.2) is 0 Å². The molecule has 7 nitrogen and oxygen atoms in total. The lowest BCUT2D eigenvalue weighted by Gasteiger charge is -2.29. The van der Waals surface area contributed by atoms with Crippen molar-refractivity contribution < 1.29 is 24.2 Å². The summed E-state index contributed by atoms with van der Waals surface area (Å²) in [7, 11) is 0. The predicted octanol–water partition coefficient (Wildman–Crippen LogP) is 0.566. The number of carboxylic acid groups (broad SMARTS) is 1. The summed E-state index contributed by atoms with van der Waals surface area (Å²) < 4.78 is 5.31. The SMILES string of the molecule is Cc1nc(CN2C(=O)C3CCC(O3)C2=O)sc1C(=O)O. The highest BCUT2D eigenvalue weighted by molar-refractivity contribution is 7.13. The molecule has 2 bridgehead atoms. The number of carbonyl (C=O) groups is 3. The number of aromatic carboxylic acids is 1. The molecule has 2 saturated heterocycles. The average molecular weight is 296 g/mol. The van der Waals surface area contributed by atoms with Crippen LogP contribution in [-0.2, 0) is 20.9 Å². The first kappa shape index (κ1) is 13.2. The second-order valence-electron chi connectivity index (χ2n) is 4.78. The van der Waals surface area contributed by atoms with Crippen LogP contribution in [0.25, 0.3) is 0 Å². The molecule has 20 heavy (non-hydrogen) atoms. The third-order valence-corrected chi connectivity index (χ3v) is 4.56. The molecule has 0 aromatic carbocycles. The van der Waals surface area contributed by atoms with Crippen LogP contribution in [0.3, 0.4) is 0 Å².